The van der Waals surface area contributed by atoms with Gasteiger partial charge >= 0.3 is 5.76 Å². The minimum Gasteiger partial charge on any atom is -0.494 e. The number of aryl methyl sites for hydroxylation is 2. The van der Waals surface area contributed by atoms with Crippen molar-refractivity contribution in [2.45, 2.75) is 18.7 Å². The van der Waals surface area contributed by atoms with Crippen LogP contribution in [0.25, 0.3) is 11.1 Å². The molecule has 0 saturated carbocycles. The van der Waals surface area contributed by atoms with E-state index in [0.717, 1.165) is 0 Å². The fraction of sp³-hybridized carbons (Fsp3) is 0.235. The summed E-state index contributed by atoms with van der Waals surface area (Å²) in [5, 5.41) is 0. The number of ether oxygens (including phenoxy) is 1. The molecule has 25 heavy (non-hydrogen) atoms. The van der Waals surface area contributed by atoms with Crippen molar-refractivity contribution in [3.05, 3.63) is 52.5 Å². The molecule has 3 rings (SSSR count). The first kappa shape index (κ1) is 17.1. The van der Waals surface area contributed by atoms with E-state index in [-0.39, 0.29) is 10.5 Å². The number of fused-ring (bicyclic) bond motifs is 1. The van der Waals surface area contributed by atoms with Crippen LogP contribution in [-0.2, 0) is 17.1 Å². The van der Waals surface area contributed by atoms with Gasteiger partial charge in [-0.05, 0) is 49.7 Å². The Labute approximate surface area is 144 Å². The van der Waals surface area contributed by atoms with Crippen LogP contribution in [0.15, 0.2) is 50.5 Å². The zero-order valence-corrected chi connectivity index (χ0v) is 14.9. The zero-order valence-electron chi connectivity index (χ0n) is 14.1. The lowest BCUT2D eigenvalue weighted by Crippen LogP contribution is -2.14. The van der Waals surface area contributed by atoms with Crippen LogP contribution in [0.1, 0.15) is 12.5 Å². The molecule has 0 fully saturated rings. The standard InChI is InChI=1S/C17H18N2O5S/c1-4-23-13-7-5-12(6-8-13)18-25(21,22)16-10-15-14(9-11(16)2)19(3)17(20)24-15/h5-10,18H,4H2,1-3H3. The molecule has 0 spiro atoms. The Morgan fingerprint density at radius 2 is 1.88 bits per heavy atom. The lowest BCUT2D eigenvalue weighted by atomic mass is 10.2. The molecule has 3 aromatic rings. The van der Waals surface area contributed by atoms with Crippen LogP contribution in [-0.4, -0.2) is 19.6 Å². The number of benzene rings is 2. The van der Waals surface area contributed by atoms with Crippen LogP contribution in [0, 0.1) is 6.92 Å². The minimum atomic E-state index is -3.83. The van der Waals surface area contributed by atoms with Gasteiger partial charge in [-0.1, -0.05) is 0 Å². The second-order valence-corrected chi connectivity index (χ2v) is 7.23. The van der Waals surface area contributed by atoms with Gasteiger partial charge in [0.05, 0.1) is 17.0 Å². The van der Waals surface area contributed by atoms with Gasteiger partial charge < -0.3 is 9.15 Å². The summed E-state index contributed by atoms with van der Waals surface area (Å²) in [5.74, 6) is 0.123. The van der Waals surface area contributed by atoms with Gasteiger partial charge in [0.1, 0.15) is 5.75 Å². The summed E-state index contributed by atoms with van der Waals surface area (Å²) in [6.45, 7) is 4.08. The molecule has 0 bridgehead atoms. The quantitative estimate of drug-likeness (QED) is 0.753. The van der Waals surface area contributed by atoms with Gasteiger partial charge in [0.25, 0.3) is 10.0 Å². The van der Waals surface area contributed by atoms with Gasteiger partial charge in [-0.15, -0.1) is 0 Å². The summed E-state index contributed by atoms with van der Waals surface area (Å²) in [7, 11) is -2.26. The molecule has 1 N–H and O–H groups in total. The van der Waals surface area contributed by atoms with Gasteiger partial charge in [0.15, 0.2) is 5.58 Å². The maximum absolute atomic E-state index is 12.7. The minimum absolute atomic E-state index is 0.0586. The fourth-order valence-electron chi connectivity index (χ4n) is 2.54. The fourth-order valence-corrected chi connectivity index (χ4v) is 3.85. The Morgan fingerprint density at radius 3 is 2.52 bits per heavy atom. The monoisotopic (exact) mass is 362 g/mol. The number of nitrogens with zero attached hydrogens (tertiary/aromatic N) is 1. The number of rotatable bonds is 5. The largest absolute Gasteiger partial charge is 0.494 e. The molecule has 0 radical (unpaired) electrons. The Morgan fingerprint density at radius 1 is 1.20 bits per heavy atom. The molecule has 0 atom stereocenters. The molecule has 0 unspecified atom stereocenters. The number of hydrogen-bond acceptors (Lipinski definition) is 5. The van der Waals surface area contributed by atoms with Crippen molar-refractivity contribution in [3.63, 3.8) is 0 Å². The second kappa shape index (κ2) is 6.29. The highest BCUT2D eigenvalue weighted by Crippen LogP contribution is 2.25. The van der Waals surface area contributed by atoms with Crippen molar-refractivity contribution in [1.82, 2.24) is 4.57 Å². The molecular weight excluding hydrogens is 344 g/mol. The Hall–Kier alpha value is -2.74. The SMILES string of the molecule is CCOc1ccc(NS(=O)(=O)c2cc3oc(=O)n(C)c3cc2C)cc1. The normalized spacial score (nSPS) is 11.6. The van der Waals surface area contributed by atoms with Crippen molar-refractivity contribution >= 4 is 26.8 Å². The van der Waals surface area contributed by atoms with Gasteiger partial charge in [0.2, 0.25) is 0 Å². The van der Waals surface area contributed by atoms with E-state index in [1.165, 1.54) is 10.6 Å². The Balaban J connectivity index is 1.98. The Kier molecular flexibility index (Phi) is 4.30. The highest BCUT2D eigenvalue weighted by molar-refractivity contribution is 7.92. The van der Waals surface area contributed by atoms with Gasteiger partial charge in [-0.3, -0.25) is 9.29 Å². The molecule has 0 saturated heterocycles. The van der Waals surface area contributed by atoms with E-state index in [2.05, 4.69) is 4.72 Å². The van der Waals surface area contributed by atoms with Gasteiger partial charge in [0, 0.05) is 18.8 Å². The first-order valence-corrected chi connectivity index (χ1v) is 9.16. The number of sulfonamides is 1. The third-order valence-electron chi connectivity index (χ3n) is 3.80. The summed E-state index contributed by atoms with van der Waals surface area (Å²) in [4.78, 5) is 11.7. The molecule has 7 nitrogen and oxygen atoms in total. The van der Waals surface area contributed by atoms with Crippen molar-refractivity contribution in [1.29, 1.82) is 0 Å². The predicted molar refractivity (Wildman–Crippen MR) is 94.6 cm³/mol. The third-order valence-corrected chi connectivity index (χ3v) is 5.32. The van der Waals surface area contributed by atoms with Crippen molar-refractivity contribution in [2.75, 3.05) is 11.3 Å². The molecule has 0 aliphatic rings. The van der Waals surface area contributed by atoms with E-state index in [0.29, 0.717) is 29.1 Å². The molecule has 0 amide bonds. The van der Waals surface area contributed by atoms with Crippen molar-refractivity contribution < 1.29 is 17.6 Å². The number of oxazole rings is 1. The van der Waals surface area contributed by atoms with Gasteiger partial charge in [-0.2, -0.15) is 0 Å². The van der Waals surface area contributed by atoms with Crippen LogP contribution in [0.5, 0.6) is 5.75 Å². The number of hydrogen-bond donors (Lipinski definition) is 1. The smallest absolute Gasteiger partial charge is 0.419 e. The first-order chi connectivity index (χ1) is 11.8. The van der Waals surface area contributed by atoms with Crippen LogP contribution >= 0.6 is 0 Å². The zero-order chi connectivity index (χ0) is 18.2. The van der Waals surface area contributed by atoms with Crippen LogP contribution in [0.2, 0.25) is 0 Å². The maximum Gasteiger partial charge on any atom is 0.419 e. The summed E-state index contributed by atoms with van der Waals surface area (Å²) in [6.07, 6.45) is 0. The number of aromatic nitrogens is 1. The van der Waals surface area contributed by atoms with E-state index in [9.17, 15) is 13.2 Å². The predicted octanol–water partition coefficient (Wildman–Crippen LogP) is 2.64. The van der Waals surface area contributed by atoms with Crippen LogP contribution in [0.4, 0.5) is 5.69 Å². The molecule has 0 aliphatic carbocycles. The first-order valence-electron chi connectivity index (χ1n) is 7.67. The second-order valence-electron chi connectivity index (χ2n) is 5.58. The highest BCUT2D eigenvalue weighted by atomic mass is 32.2. The van der Waals surface area contributed by atoms with E-state index in [1.807, 2.05) is 6.92 Å². The van der Waals surface area contributed by atoms with Gasteiger partial charge in [-0.25, -0.2) is 13.2 Å². The summed E-state index contributed by atoms with van der Waals surface area (Å²) >= 11 is 0. The highest BCUT2D eigenvalue weighted by Gasteiger charge is 2.20. The third kappa shape index (κ3) is 3.25. The molecule has 132 valence electrons. The molecule has 0 aliphatic heterocycles. The van der Waals surface area contributed by atoms with Crippen molar-refractivity contribution in [2.24, 2.45) is 7.05 Å². The number of nitrogens with one attached hydrogen (secondary N) is 1. The van der Waals surface area contributed by atoms with Crippen molar-refractivity contribution in [3.8, 4) is 5.75 Å². The summed E-state index contributed by atoms with van der Waals surface area (Å²) in [6, 6.07) is 9.61. The topological polar surface area (TPSA) is 90.5 Å². The van der Waals surface area contributed by atoms with E-state index >= 15 is 0 Å². The van der Waals surface area contributed by atoms with Crippen LogP contribution < -0.4 is 15.2 Å². The van der Waals surface area contributed by atoms with Crippen LogP contribution in [0.3, 0.4) is 0 Å². The molecule has 2 aromatic carbocycles. The lowest BCUT2D eigenvalue weighted by molar-refractivity contribution is 0.340. The Bertz CT molecular complexity index is 1080. The molecular formula is C17H18N2O5S. The van der Waals surface area contributed by atoms with E-state index in [4.69, 9.17) is 9.15 Å². The molecule has 1 aromatic heterocycles. The van der Waals surface area contributed by atoms with E-state index < -0.39 is 15.8 Å². The summed E-state index contributed by atoms with van der Waals surface area (Å²) < 4.78 is 39.7. The molecule has 1 heterocycles. The van der Waals surface area contributed by atoms with E-state index in [1.54, 1.807) is 44.3 Å². The average molecular weight is 362 g/mol. The average Bonchev–Trinajstić information content (AvgIpc) is 2.83. The number of anilines is 1. The molecule has 8 heteroatoms. The lowest BCUT2D eigenvalue weighted by Gasteiger charge is -2.11. The summed E-state index contributed by atoms with van der Waals surface area (Å²) in [5.41, 5.74) is 1.70. The maximum atomic E-state index is 12.7.